The Morgan fingerprint density at radius 1 is 1.33 bits per heavy atom. The topological polar surface area (TPSA) is 83.8 Å². The first-order valence-corrected chi connectivity index (χ1v) is 6.56. The van der Waals surface area contributed by atoms with Crippen LogP contribution < -0.4 is 0 Å². The van der Waals surface area contributed by atoms with Gasteiger partial charge in [-0.05, 0) is 19.1 Å². The Morgan fingerprint density at radius 2 is 1.89 bits per heavy atom. The lowest BCUT2D eigenvalue weighted by Gasteiger charge is -2.13. The van der Waals surface area contributed by atoms with Gasteiger partial charge in [0, 0.05) is 0 Å². The van der Waals surface area contributed by atoms with Crippen molar-refractivity contribution in [2.45, 2.75) is 24.0 Å². The summed E-state index contributed by atoms with van der Waals surface area (Å²) >= 11 is 0. The summed E-state index contributed by atoms with van der Waals surface area (Å²) < 4.78 is 28.0. The fourth-order valence-corrected chi connectivity index (χ4v) is 2.06. The molecule has 1 aromatic rings. The van der Waals surface area contributed by atoms with Crippen molar-refractivity contribution in [3.63, 3.8) is 0 Å². The Morgan fingerprint density at radius 3 is 2.39 bits per heavy atom. The van der Waals surface area contributed by atoms with E-state index < -0.39 is 28.9 Å². The van der Waals surface area contributed by atoms with Crippen LogP contribution in [0.2, 0.25) is 0 Å². The average Bonchev–Trinajstić information content (AvgIpc) is 2.35. The molecule has 0 radical (unpaired) electrons. The Kier molecular flexibility index (Phi) is 4.87. The van der Waals surface area contributed by atoms with Gasteiger partial charge in [-0.2, -0.15) is 8.42 Å². The highest BCUT2D eigenvalue weighted by Crippen LogP contribution is 2.13. The summed E-state index contributed by atoms with van der Waals surface area (Å²) in [5, 5.41) is 18.4. The molecule has 0 aliphatic rings. The van der Waals surface area contributed by atoms with Gasteiger partial charge in [-0.1, -0.05) is 23.6 Å². The van der Waals surface area contributed by atoms with Crippen LogP contribution in [-0.2, 0) is 14.3 Å². The highest BCUT2D eigenvalue weighted by Gasteiger charge is 2.20. The molecule has 2 atom stereocenters. The third-order valence-corrected chi connectivity index (χ3v) is 3.53. The standard InChI is InChI=1S/C12H14O5S/c1-3-11(13)12(14)8-17-18(15,16)10-6-4-9(2)5-7-10/h1,4-7,11-14H,8H2,2H3/t11?,12-/m1/s1. The molecular weight excluding hydrogens is 256 g/mol. The van der Waals surface area contributed by atoms with Crippen LogP contribution >= 0.6 is 0 Å². The maximum absolute atomic E-state index is 11.7. The fraction of sp³-hybridized carbons (Fsp3) is 0.333. The number of hydrogen-bond acceptors (Lipinski definition) is 5. The number of terminal acetylenes is 1. The van der Waals surface area contributed by atoms with Crippen molar-refractivity contribution in [3.05, 3.63) is 29.8 Å². The van der Waals surface area contributed by atoms with Crippen LogP contribution in [0.3, 0.4) is 0 Å². The van der Waals surface area contributed by atoms with Crippen LogP contribution in [0.5, 0.6) is 0 Å². The Balaban J connectivity index is 2.72. The molecule has 0 fully saturated rings. The van der Waals surface area contributed by atoms with Gasteiger partial charge in [0.15, 0.2) is 0 Å². The molecule has 0 amide bonds. The molecule has 0 saturated carbocycles. The maximum Gasteiger partial charge on any atom is 0.297 e. The van der Waals surface area contributed by atoms with Gasteiger partial charge in [-0.15, -0.1) is 6.42 Å². The van der Waals surface area contributed by atoms with Crippen LogP contribution in [0.4, 0.5) is 0 Å². The molecule has 0 aliphatic heterocycles. The van der Waals surface area contributed by atoms with Crippen LogP contribution in [0.15, 0.2) is 29.2 Å². The van der Waals surface area contributed by atoms with E-state index in [1.54, 1.807) is 12.1 Å². The minimum atomic E-state index is -3.95. The molecule has 1 rings (SSSR count). The van der Waals surface area contributed by atoms with Gasteiger partial charge < -0.3 is 10.2 Å². The molecule has 0 bridgehead atoms. The summed E-state index contributed by atoms with van der Waals surface area (Å²) in [6.07, 6.45) is 1.97. The van der Waals surface area contributed by atoms with Gasteiger partial charge in [-0.25, -0.2) is 0 Å². The first-order chi connectivity index (χ1) is 8.36. The largest absolute Gasteiger partial charge is 0.387 e. The molecular formula is C12H14O5S. The van der Waals surface area contributed by atoms with Crippen molar-refractivity contribution in [3.8, 4) is 12.3 Å². The second-order valence-electron chi connectivity index (χ2n) is 3.73. The van der Waals surface area contributed by atoms with Crippen LogP contribution in [0.25, 0.3) is 0 Å². The molecule has 1 aromatic carbocycles. The van der Waals surface area contributed by atoms with E-state index in [2.05, 4.69) is 4.18 Å². The molecule has 18 heavy (non-hydrogen) atoms. The van der Waals surface area contributed by atoms with E-state index in [1.165, 1.54) is 12.1 Å². The quantitative estimate of drug-likeness (QED) is 0.583. The van der Waals surface area contributed by atoms with Crippen molar-refractivity contribution in [1.29, 1.82) is 0 Å². The number of aliphatic hydroxyl groups excluding tert-OH is 2. The fourth-order valence-electron chi connectivity index (χ4n) is 1.13. The van der Waals surface area contributed by atoms with Gasteiger partial charge in [0.25, 0.3) is 10.1 Å². The lowest BCUT2D eigenvalue weighted by atomic mass is 10.2. The first kappa shape index (κ1) is 14.7. The summed E-state index contributed by atoms with van der Waals surface area (Å²) in [4.78, 5) is -0.0181. The summed E-state index contributed by atoms with van der Waals surface area (Å²) in [6.45, 7) is 1.23. The normalized spacial score (nSPS) is 14.8. The number of rotatable bonds is 5. The Labute approximate surface area is 106 Å². The number of aryl methyl sites for hydroxylation is 1. The van der Waals surface area contributed by atoms with E-state index in [-0.39, 0.29) is 4.90 Å². The molecule has 0 aromatic heterocycles. The zero-order valence-electron chi connectivity index (χ0n) is 9.78. The van der Waals surface area contributed by atoms with Crippen LogP contribution in [-0.4, -0.2) is 37.4 Å². The van der Waals surface area contributed by atoms with Crippen molar-refractivity contribution in [1.82, 2.24) is 0 Å². The smallest absolute Gasteiger partial charge is 0.297 e. The lowest BCUT2D eigenvalue weighted by molar-refractivity contribution is 0.0229. The zero-order chi connectivity index (χ0) is 13.8. The van der Waals surface area contributed by atoms with E-state index in [0.29, 0.717) is 0 Å². The second kappa shape index (κ2) is 5.98. The Hall–Kier alpha value is -1.39. The third kappa shape index (κ3) is 3.82. The summed E-state index contributed by atoms with van der Waals surface area (Å²) in [6, 6.07) is 6.05. The molecule has 5 nitrogen and oxygen atoms in total. The van der Waals surface area contributed by atoms with Crippen molar-refractivity contribution < 1.29 is 22.8 Å². The molecule has 0 saturated heterocycles. The molecule has 0 spiro atoms. The van der Waals surface area contributed by atoms with E-state index in [9.17, 15) is 13.5 Å². The minimum absolute atomic E-state index is 0.0181. The van der Waals surface area contributed by atoms with Crippen molar-refractivity contribution in [2.75, 3.05) is 6.61 Å². The molecule has 0 aliphatic carbocycles. The summed E-state index contributed by atoms with van der Waals surface area (Å²) in [5.41, 5.74) is 0.914. The van der Waals surface area contributed by atoms with E-state index in [4.69, 9.17) is 11.5 Å². The molecule has 1 unspecified atom stereocenters. The van der Waals surface area contributed by atoms with Gasteiger partial charge in [0.05, 0.1) is 11.5 Å². The van der Waals surface area contributed by atoms with Crippen LogP contribution in [0.1, 0.15) is 5.56 Å². The Bertz CT molecular complexity index is 527. The predicted octanol–water partition coefficient (Wildman–Crippen LogP) is 0.0553. The minimum Gasteiger partial charge on any atom is -0.387 e. The molecule has 98 valence electrons. The van der Waals surface area contributed by atoms with Crippen molar-refractivity contribution in [2.24, 2.45) is 0 Å². The molecule has 6 heteroatoms. The number of benzene rings is 1. The second-order valence-corrected chi connectivity index (χ2v) is 5.35. The highest BCUT2D eigenvalue weighted by atomic mass is 32.2. The average molecular weight is 270 g/mol. The van der Waals surface area contributed by atoms with Crippen LogP contribution in [0, 0.1) is 19.3 Å². The number of hydrogen-bond donors (Lipinski definition) is 2. The number of aliphatic hydroxyl groups is 2. The highest BCUT2D eigenvalue weighted by molar-refractivity contribution is 7.86. The van der Waals surface area contributed by atoms with Gasteiger partial charge >= 0.3 is 0 Å². The lowest BCUT2D eigenvalue weighted by Crippen LogP contribution is -2.30. The van der Waals surface area contributed by atoms with Gasteiger partial charge in [0.2, 0.25) is 0 Å². The zero-order valence-corrected chi connectivity index (χ0v) is 10.6. The van der Waals surface area contributed by atoms with E-state index in [1.807, 2.05) is 12.8 Å². The SMILES string of the molecule is C#CC(O)[C@H](O)COS(=O)(=O)c1ccc(C)cc1. The van der Waals surface area contributed by atoms with Crippen molar-refractivity contribution >= 4 is 10.1 Å². The summed E-state index contributed by atoms with van der Waals surface area (Å²) in [5.74, 6) is 1.88. The molecule has 2 N–H and O–H groups in total. The first-order valence-electron chi connectivity index (χ1n) is 5.15. The van der Waals surface area contributed by atoms with E-state index >= 15 is 0 Å². The molecule has 0 heterocycles. The van der Waals surface area contributed by atoms with Gasteiger partial charge in [-0.3, -0.25) is 4.18 Å². The third-order valence-electron chi connectivity index (χ3n) is 2.24. The monoisotopic (exact) mass is 270 g/mol. The summed E-state index contributed by atoms with van der Waals surface area (Å²) in [7, 11) is -3.95. The van der Waals surface area contributed by atoms with Gasteiger partial charge in [0.1, 0.15) is 12.2 Å². The maximum atomic E-state index is 11.7. The predicted molar refractivity (Wildman–Crippen MR) is 65.2 cm³/mol. The van der Waals surface area contributed by atoms with E-state index in [0.717, 1.165) is 5.56 Å².